The molecule has 0 bridgehead atoms. The van der Waals surface area contributed by atoms with E-state index in [-0.39, 0.29) is 17.9 Å². The van der Waals surface area contributed by atoms with E-state index in [1.807, 2.05) is 31.2 Å². The molecule has 0 aliphatic carbocycles. The van der Waals surface area contributed by atoms with Gasteiger partial charge in [-0.15, -0.1) is 0 Å². The van der Waals surface area contributed by atoms with Crippen molar-refractivity contribution in [1.29, 1.82) is 0 Å². The van der Waals surface area contributed by atoms with E-state index in [0.717, 1.165) is 24.2 Å². The second-order valence-corrected chi connectivity index (χ2v) is 6.72. The molecule has 3 nitrogen and oxygen atoms in total. The smallest absolute Gasteiger partial charge is 0.228 e. The molecule has 1 aromatic rings. The molecule has 0 spiro atoms. The second kappa shape index (κ2) is 6.42. The van der Waals surface area contributed by atoms with Gasteiger partial charge in [-0.05, 0) is 25.8 Å². The Morgan fingerprint density at radius 3 is 2.95 bits per heavy atom. The van der Waals surface area contributed by atoms with Crippen LogP contribution in [0.15, 0.2) is 24.3 Å². The van der Waals surface area contributed by atoms with Crippen molar-refractivity contribution >= 4 is 21.8 Å². The van der Waals surface area contributed by atoms with Gasteiger partial charge < -0.3 is 10.1 Å². The predicted molar refractivity (Wildman–Crippen MR) is 79.9 cm³/mol. The molecule has 3 atom stereocenters. The van der Waals surface area contributed by atoms with Crippen LogP contribution in [0.25, 0.3) is 0 Å². The van der Waals surface area contributed by atoms with Crippen LogP contribution in [0, 0.1) is 0 Å². The number of para-hydroxylation sites is 1. The van der Waals surface area contributed by atoms with Crippen LogP contribution < -0.4 is 10.1 Å². The molecule has 0 saturated carbocycles. The topological polar surface area (TPSA) is 38.3 Å². The van der Waals surface area contributed by atoms with Gasteiger partial charge in [0.2, 0.25) is 5.91 Å². The molecule has 1 aliphatic heterocycles. The third-order valence-electron chi connectivity index (χ3n) is 3.34. The van der Waals surface area contributed by atoms with Crippen molar-refractivity contribution in [2.45, 2.75) is 43.5 Å². The number of hydrogen-bond acceptors (Lipinski definition) is 2. The van der Waals surface area contributed by atoms with Crippen LogP contribution in [0.3, 0.4) is 0 Å². The number of fused-ring (bicyclic) bond motifs is 1. The molecule has 1 amide bonds. The van der Waals surface area contributed by atoms with E-state index in [1.165, 1.54) is 0 Å². The van der Waals surface area contributed by atoms with Crippen molar-refractivity contribution in [3.63, 3.8) is 0 Å². The normalized spacial score (nSPS) is 20.9. The van der Waals surface area contributed by atoms with Crippen LogP contribution >= 0.6 is 15.9 Å². The fourth-order valence-corrected chi connectivity index (χ4v) is 3.06. The zero-order valence-electron chi connectivity index (χ0n) is 11.4. The van der Waals surface area contributed by atoms with Crippen LogP contribution in [0.5, 0.6) is 5.75 Å². The zero-order chi connectivity index (χ0) is 13.8. The standard InChI is InChI=1S/C15H20BrNO2/c1-10(16)9-11(2)17-15(18)13-7-8-19-14-6-4-3-5-12(13)14/h3-6,10-11,13H,7-9H2,1-2H3,(H,17,18). The number of hydrogen-bond donors (Lipinski definition) is 1. The van der Waals surface area contributed by atoms with E-state index in [4.69, 9.17) is 4.74 Å². The molecule has 3 unspecified atom stereocenters. The number of carbonyl (C=O) groups is 1. The van der Waals surface area contributed by atoms with Crippen LogP contribution in [-0.4, -0.2) is 23.4 Å². The molecule has 0 radical (unpaired) electrons. The largest absolute Gasteiger partial charge is 0.493 e. The van der Waals surface area contributed by atoms with Crippen molar-refractivity contribution in [3.05, 3.63) is 29.8 Å². The highest BCUT2D eigenvalue weighted by Gasteiger charge is 2.28. The Hall–Kier alpha value is -1.03. The summed E-state index contributed by atoms with van der Waals surface area (Å²) in [6, 6.07) is 7.98. The van der Waals surface area contributed by atoms with Gasteiger partial charge in [-0.25, -0.2) is 0 Å². The van der Waals surface area contributed by atoms with Crippen molar-refractivity contribution in [2.75, 3.05) is 6.61 Å². The first-order valence-corrected chi connectivity index (χ1v) is 7.65. The van der Waals surface area contributed by atoms with Crippen molar-refractivity contribution in [3.8, 4) is 5.75 Å². The van der Waals surface area contributed by atoms with E-state index in [1.54, 1.807) is 0 Å². The molecule has 4 heteroatoms. The van der Waals surface area contributed by atoms with Gasteiger partial charge >= 0.3 is 0 Å². The summed E-state index contributed by atoms with van der Waals surface area (Å²) in [6.07, 6.45) is 1.68. The average Bonchev–Trinajstić information content (AvgIpc) is 2.36. The van der Waals surface area contributed by atoms with Crippen LogP contribution in [0.2, 0.25) is 0 Å². The summed E-state index contributed by atoms with van der Waals surface area (Å²) in [7, 11) is 0. The number of carbonyl (C=O) groups excluding carboxylic acids is 1. The summed E-state index contributed by atoms with van der Waals surface area (Å²) in [5, 5.41) is 3.10. The molecule has 2 rings (SSSR count). The summed E-state index contributed by atoms with van der Waals surface area (Å²) in [5.41, 5.74) is 1.00. The number of ether oxygens (including phenoxy) is 1. The molecule has 104 valence electrons. The average molecular weight is 326 g/mol. The lowest BCUT2D eigenvalue weighted by Crippen LogP contribution is -2.38. The van der Waals surface area contributed by atoms with Gasteiger partial charge in [-0.1, -0.05) is 41.1 Å². The third kappa shape index (κ3) is 3.72. The minimum atomic E-state index is -0.0852. The summed E-state index contributed by atoms with van der Waals surface area (Å²) >= 11 is 3.52. The number of nitrogens with one attached hydrogen (secondary N) is 1. The Morgan fingerprint density at radius 1 is 1.47 bits per heavy atom. The quantitative estimate of drug-likeness (QED) is 0.863. The Kier molecular flexibility index (Phi) is 4.86. The van der Waals surface area contributed by atoms with Crippen molar-refractivity contribution in [2.24, 2.45) is 0 Å². The highest BCUT2D eigenvalue weighted by atomic mass is 79.9. The minimum absolute atomic E-state index is 0.0852. The third-order valence-corrected chi connectivity index (χ3v) is 3.72. The number of halogens is 1. The first kappa shape index (κ1) is 14.4. The van der Waals surface area contributed by atoms with Gasteiger partial charge in [0.15, 0.2) is 0 Å². The number of rotatable bonds is 4. The maximum absolute atomic E-state index is 12.4. The van der Waals surface area contributed by atoms with Crippen molar-refractivity contribution in [1.82, 2.24) is 5.32 Å². The molecule has 1 N–H and O–H groups in total. The first-order valence-electron chi connectivity index (χ1n) is 6.74. The molecule has 1 aliphatic rings. The van der Waals surface area contributed by atoms with E-state index < -0.39 is 0 Å². The lowest BCUT2D eigenvalue weighted by molar-refractivity contribution is -0.123. The van der Waals surface area contributed by atoms with Crippen LogP contribution in [0.1, 0.15) is 38.2 Å². The fourth-order valence-electron chi connectivity index (χ4n) is 2.50. The lowest BCUT2D eigenvalue weighted by atomic mass is 9.92. The van der Waals surface area contributed by atoms with Gasteiger partial charge in [-0.3, -0.25) is 4.79 Å². The Labute approximate surface area is 122 Å². The highest BCUT2D eigenvalue weighted by Crippen LogP contribution is 2.33. The van der Waals surface area contributed by atoms with Crippen molar-refractivity contribution < 1.29 is 9.53 Å². The number of benzene rings is 1. The minimum Gasteiger partial charge on any atom is -0.493 e. The van der Waals surface area contributed by atoms with Gasteiger partial charge in [-0.2, -0.15) is 0 Å². The second-order valence-electron chi connectivity index (χ2n) is 5.15. The fraction of sp³-hybridized carbons (Fsp3) is 0.533. The first-order chi connectivity index (χ1) is 9.08. The lowest BCUT2D eigenvalue weighted by Gasteiger charge is -2.26. The Morgan fingerprint density at radius 2 is 2.21 bits per heavy atom. The van der Waals surface area contributed by atoms with E-state index in [2.05, 4.69) is 28.2 Å². The van der Waals surface area contributed by atoms with Gasteiger partial charge in [0.05, 0.1) is 12.5 Å². The molecular weight excluding hydrogens is 306 g/mol. The summed E-state index contributed by atoms with van der Waals surface area (Å²) < 4.78 is 5.59. The summed E-state index contributed by atoms with van der Waals surface area (Å²) in [6.45, 7) is 4.74. The van der Waals surface area contributed by atoms with Gasteiger partial charge in [0.25, 0.3) is 0 Å². The summed E-state index contributed by atoms with van der Waals surface area (Å²) in [5.74, 6) is 0.866. The van der Waals surface area contributed by atoms with E-state index >= 15 is 0 Å². The SMILES string of the molecule is CC(Br)CC(C)NC(=O)C1CCOc2ccccc21. The molecule has 19 heavy (non-hydrogen) atoms. The molecular formula is C15H20BrNO2. The number of alkyl halides is 1. The maximum atomic E-state index is 12.4. The predicted octanol–water partition coefficient (Wildman–Crippen LogP) is 3.23. The van der Waals surface area contributed by atoms with Gasteiger partial charge in [0.1, 0.15) is 5.75 Å². The Balaban J connectivity index is 2.04. The molecule has 0 fully saturated rings. The number of amides is 1. The molecule has 1 aromatic carbocycles. The van der Waals surface area contributed by atoms with Crippen LogP contribution in [0.4, 0.5) is 0 Å². The molecule has 0 aromatic heterocycles. The monoisotopic (exact) mass is 325 g/mol. The highest BCUT2D eigenvalue weighted by molar-refractivity contribution is 9.09. The van der Waals surface area contributed by atoms with Gasteiger partial charge in [0, 0.05) is 16.4 Å². The van der Waals surface area contributed by atoms with E-state index in [0.29, 0.717) is 11.4 Å². The molecule has 1 heterocycles. The Bertz CT molecular complexity index is 448. The molecule has 0 saturated heterocycles. The zero-order valence-corrected chi connectivity index (χ0v) is 12.9. The van der Waals surface area contributed by atoms with E-state index in [9.17, 15) is 4.79 Å². The summed E-state index contributed by atoms with van der Waals surface area (Å²) in [4.78, 5) is 12.8. The van der Waals surface area contributed by atoms with Crippen LogP contribution in [-0.2, 0) is 4.79 Å². The maximum Gasteiger partial charge on any atom is 0.228 e.